The lowest BCUT2D eigenvalue weighted by molar-refractivity contribution is 0.598. The van der Waals surface area contributed by atoms with E-state index in [4.69, 9.17) is 10.9 Å². The van der Waals surface area contributed by atoms with E-state index in [0.717, 1.165) is 0 Å². The van der Waals surface area contributed by atoms with E-state index < -0.39 is 10.0 Å². The van der Waals surface area contributed by atoms with Gasteiger partial charge in [0.2, 0.25) is 10.0 Å². The molecule has 1 aromatic rings. The van der Waals surface area contributed by atoms with Crippen molar-refractivity contribution >= 4 is 21.7 Å². The zero-order chi connectivity index (χ0) is 12.2. The number of guanidine groups is 1. The number of nitrogens with one attached hydrogen (secondary N) is 1. The van der Waals surface area contributed by atoms with Gasteiger partial charge in [0.25, 0.3) is 0 Å². The highest BCUT2D eigenvalue weighted by Crippen LogP contribution is 2.12. The Bertz CT molecular complexity index is 479. The van der Waals surface area contributed by atoms with E-state index in [1.807, 2.05) is 6.92 Å². The first-order chi connectivity index (χ1) is 7.43. The Morgan fingerprint density at radius 3 is 2.38 bits per heavy atom. The summed E-state index contributed by atoms with van der Waals surface area (Å²) in [5, 5.41) is 7.77. The van der Waals surface area contributed by atoms with Crippen LogP contribution in [0.2, 0.25) is 0 Å². The third kappa shape index (κ3) is 3.52. The summed E-state index contributed by atoms with van der Waals surface area (Å²) in [6, 6.07) is 5.93. The first-order valence-electron chi connectivity index (χ1n) is 4.63. The molecule has 0 atom stereocenters. The minimum atomic E-state index is -3.65. The number of nitrogens with two attached hydrogens (primary N) is 2. The third-order valence-electron chi connectivity index (χ3n) is 1.78. The third-order valence-corrected chi connectivity index (χ3v) is 2.71. The Kier molecular flexibility index (Phi) is 3.86. The summed E-state index contributed by atoms with van der Waals surface area (Å²) in [5.74, 6) is 0.283. The Balaban J connectivity index is 2.84. The highest BCUT2D eigenvalue weighted by atomic mass is 32.2. The van der Waals surface area contributed by atoms with E-state index in [0.29, 0.717) is 12.2 Å². The fourth-order valence-electron chi connectivity index (χ4n) is 1.09. The number of sulfonamides is 1. The molecule has 0 aromatic heterocycles. The predicted octanol–water partition coefficient (Wildman–Crippen LogP) is 0.0805. The summed E-state index contributed by atoms with van der Waals surface area (Å²) in [4.78, 5) is 3.99. The van der Waals surface area contributed by atoms with Crippen molar-refractivity contribution in [3.05, 3.63) is 24.3 Å². The number of aliphatic imine (C=N–C) groups is 1. The van der Waals surface area contributed by atoms with Crippen molar-refractivity contribution in [1.82, 2.24) is 0 Å². The first kappa shape index (κ1) is 12.5. The molecule has 0 fully saturated rings. The van der Waals surface area contributed by atoms with Crippen LogP contribution in [0.25, 0.3) is 0 Å². The van der Waals surface area contributed by atoms with Crippen molar-refractivity contribution < 1.29 is 8.42 Å². The molecule has 0 unspecified atom stereocenters. The second kappa shape index (κ2) is 4.95. The Hall–Kier alpha value is -1.60. The fourth-order valence-corrected chi connectivity index (χ4v) is 1.60. The average molecular weight is 242 g/mol. The van der Waals surface area contributed by atoms with Crippen LogP contribution >= 0.6 is 0 Å². The summed E-state index contributed by atoms with van der Waals surface area (Å²) < 4.78 is 22.0. The molecule has 1 rings (SSSR count). The SMILES string of the molecule is CCN=C(N)Nc1ccc(S(N)(=O)=O)cc1. The lowest BCUT2D eigenvalue weighted by Gasteiger charge is -2.05. The molecule has 0 saturated heterocycles. The molecule has 16 heavy (non-hydrogen) atoms. The van der Waals surface area contributed by atoms with Crippen LogP contribution in [-0.2, 0) is 10.0 Å². The summed E-state index contributed by atoms with van der Waals surface area (Å²) in [6.07, 6.45) is 0. The van der Waals surface area contributed by atoms with Crippen molar-refractivity contribution in [3.63, 3.8) is 0 Å². The monoisotopic (exact) mass is 242 g/mol. The van der Waals surface area contributed by atoms with Gasteiger partial charge in [-0.05, 0) is 31.2 Å². The summed E-state index contributed by atoms with van der Waals surface area (Å²) in [6.45, 7) is 2.44. The van der Waals surface area contributed by atoms with Gasteiger partial charge < -0.3 is 11.1 Å². The smallest absolute Gasteiger partial charge is 0.238 e. The first-order valence-corrected chi connectivity index (χ1v) is 6.18. The van der Waals surface area contributed by atoms with Crippen LogP contribution < -0.4 is 16.2 Å². The van der Waals surface area contributed by atoms with E-state index in [2.05, 4.69) is 10.3 Å². The Morgan fingerprint density at radius 1 is 1.38 bits per heavy atom. The Labute approximate surface area is 94.4 Å². The number of hydrogen-bond acceptors (Lipinski definition) is 3. The van der Waals surface area contributed by atoms with E-state index in [1.54, 1.807) is 12.1 Å². The zero-order valence-electron chi connectivity index (χ0n) is 8.84. The average Bonchev–Trinajstić information content (AvgIpc) is 2.17. The second-order valence-electron chi connectivity index (χ2n) is 3.05. The molecule has 0 radical (unpaired) electrons. The van der Waals surface area contributed by atoms with E-state index in [-0.39, 0.29) is 10.9 Å². The number of nitrogens with zero attached hydrogens (tertiary/aromatic N) is 1. The van der Waals surface area contributed by atoms with Gasteiger partial charge in [-0.25, -0.2) is 13.6 Å². The van der Waals surface area contributed by atoms with Crippen molar-refractivity contribution in [2.45, 2.75) is 11.8 Å². The normalized spacial score (nSPS) is 12.5. The molecule has 7 heteroatoms. The van der Waals surface area contributed by atoms with Crippen LogP contribution in [0, 0.1) is 0 Å². The van der Waals surface area contributed by atoms with Crippen LogP contribution in [0.5, 0.6) is 0 Å². The largest absolute Gasteiger partial charge is 0.370 e. The highest BCUT2D eigenvalue weighted by molar-refractivity contribution is 7.89. The molecular formula is C9H14N4O2S. The molecule has 0 aliphatic rings. The number of anilines is 1. The molecule has 5 N–H and O–H groups in total. The molecule has 88 valence electrons. The van der Waals surface area contributed by atoms with Gasteiger partial charge in [-0.3, -0.25) is 4.99 Å². The van der Waals surface area contributed by atoms with Gasteiger partial charge in [-0.2, -0.15) is 0 Å². The van der Waals surface area contributed by atoms with Gasteiger partial charge in [0.1, 0.15) is 0 Å². The van der Waals surface area contributed by atoms with Gasteiger partial charge in [0.15, 0.2) is 5.96 Å². The molecule has 6 nitrogen and oxygen atoms in total. The van der Waals surface area contributed by atoms with Crippen LogP contribution in [-0.4, -0.2) is 20.9 Å². The number of benzene rings is 1. The van der Waals surface area contributed by atoms with Crippen molar-refractivity contribution in [2.24, 2.45) is 15.9 Å². The summed E-state index contributed by atoms with van der Waals surface area (Å²) in [5.41, 5.74) is 6.19. The second-order valence-corrected chi connectivity index (χ2v) is 4.62. The molecule has 0 bridgehead atoms. The fraction of sp³-hybridized carbons (Fsp3) is 0.222. The number of primary sulfonamides is 1. The van der Waals surface area contributed by atoms with E-state index >= 15 is 0 Å². The topological polar surface area (TPSA) is 111 Å². The van der Waals surface area contributed by atoms with Gasteiger partial charge in [0, 0.05) is 12.2 Å². The van der Waals surface area contributed by atoms with Crippen molar-refractivity contribution in [1.29, 1.82) is 0 Å². The quantitative estimate of drug-likeness (QED) is 0.515. The number of rotatable bonds is 3. The van der Waals surface area contributed by atoms with E-state index in [1.165, 1.54) is 12.1 Å². The zero-order valence-corrected chi connectivity index (χ0v) is 9.66. The van der Waals surface area contributed by atoms with Crippen LogP contribution in [0.1, 0.15) is 6.92 Å². The standard InChI is InChI=1S/C9H14N4O2S/c1-2-12-9(10)13-7-3-5-8(6-4-7)16(11,14)15/h3-6H,2H2,1H3,(H3,10,12,13)(H2,11,14,15). The molecular weight excluding hydrogens is 228 g/mol. The summed E-state index contributed by atoms with van der Waals surface area (Å²) >= 11 is 0. The highest BCUT2D eigenvalue weighted by Gasteiger charge is 2.06. The molecule has 1 aromatic carbocycles. The van der Waals surface area contributed by atoms with Gasteiger partial charge in [0.05, 0.1) is 4.90 Å². The van der Waals surface area contributed by atoms with Crippen LogP contribution in [0.3, 0.4) is 0 Å². The van der Waals surface area contributed by atoms with Gasteiger partial charge >= 0.3 is 0 Å². The molecule has 0 aliphatic carbocycles. The lowest BCUT2D eigenvalue weighted by Crippen LogP contribution is -2.22. The van der Waals surface area contributed by atoms with Crippen molar-refractivity contribution in [3.8, 4) is 0 Å². The maximum absolute atomic E-state index is 11.0. The molecule has 0 heterocycles. The molecule has 0 saturated carbocycles. The maximum atomic E-state index is 11.0. The molecule has 0 aliphatic heterocycles. The maximum Gasteiger partial charge on any atom is 0.238 e. The lowest BCUT2D eigenvalue weighted by atomic mass is 10.3. The molecule has 0 amide bonds. The van der Waals surface area contributed by atoms with Crippen molar-refractivity contribution in [2.75, 3.05) is 11.9 Å². The minimum absolute atomic E-state index is 0.0593. The predicted molar refractivity (Wildman–Crippen MR) is 63.6 cm³/mol. The summed E-state index contributed by atoms with van der Waals surface area (Å²) in [7, 11) is -3.65. The van der Waals surface area contributed by atoms with Crippen LogP contribution in [0.15, 0.2) is 34.2 Å². The minimum Gasteiger partial charge on any atom is -0.370 e. The molecule has 0 spiro atoms. The van der Waals surface area contributed by atoms with Crippen LogP contribution in [0.4, 0.5) is 5.69 Å². The van der Waals surface area contributed by atoms with E-state index in [9.17, 15) is 8.42 Å². The van der Waals surface area contributed by atoms with Gasteiger partial charge in [-0.1, -0.05) is 0 Å². The Morgan fingerprint density at radius 2 is 1.94 bits per heavy atom. The van der Waals surface area contributed by atoms with Gasteiger partial charge in [-0.15, -0.1) is 0 Å². The number of hydrogen-bond donors (Lipinski definition) is 3.